The number of carbonyl (C=O) groups excluding carboxylic acids is 1. The number of esters is 1. The van der Waals surface area contributed by atoms with Crippen molar-refractivity contribution in [3.63, 3.8) is 0 Å². The second-order valence-electron chi connectivity index (χ2n) is 4.91. The van der Waals surface area contributed by atoms with Crippen molar-refractivity contribution < 1.29 is 19.0 Å². The molecule has 4 heteroatoms. The van der Waals surface area contributed by atoms with Crippen molar-refractivity contribution in [3.8, 4) is 5.75 Å². The molecule has 21 heavy (non-hydrogen) atoms. The Balaban J connectivity index is 2.43. The van der Waals surface area contributed by atoms with E-state index in [0.29, 0.717) is 5.75 Å². The number of carbonyl (C=O) groups is 1. The van der Waals surface area contributed by atoms with Crippen LogP contribution in [0.15, 0.2) is 30.8 Å². The number of benzene rings is 1. The molecule has 0 bridgehead atoms. The first-order valence-corrected chi connectivity index (χ1v) is 7.21. The molecule has 0 aliphatic rings. The van der Waals surface area contributed by atoms with Gasteiger partial charge in [-0.1, -0.05) is 38.6 Å². The zero-order valence-corrected chi connectivity index (χ0v) is 13.2. The van der Waals surface area contributed by atoms with Crippen molar-refractivity contribution in [3.05, 3.63) is 36.4 Å². The average molecular weight is 292 g/mol. The van der Waals surface area contributed by atoms with Crippen molar-refractivity contribution in [1.82, 2.24) is 0 Å². The Labute approximate surface area is 126 Å². The molecule has 0 heterocycles. The molecule has 0 saturated heterocycles. The highest BCUT2D eigenvalue weighted by Crippen LogP contribution is 2.16. The van der Waals surface area contributed by atoms with Crippen molar-refractivity contribution in [1.29, 1.82) is 0 Å². The van der Waals surface area contributed by atoms with E-state index in [4.69, 9.17) is 14.2 Å². The molecule has 0 aromatic heterocycles. The Hall–Kier alpha value is -1.81. The van der Waals surface area contributed by atoms with Crippen LogP contribution < -0.4 is 4.74 Å². The number of hydrogen-bond donors (Lipinski definition) is 0. The zero-order chi connectivity index (χ0) is 15.8. The molecule has 0 aliphatic heterocycles. The summed E-state index contributed by atoms with van der Waals surface area (Å²) in [5, 5.41) is 0. The number of ether oxygens (including phenoxy) is 3. The molecular formula is C17H24O4. The second-order valence-corrected chi connectivity index (χ2v) is 4.91. The highest BCUT2D eigenvalue weighted by molar-refractivity contribution is 5.71. The van der Waals surface area contributed by atoms with Crippen LogP contribution >= 0.6 is 0 Å². The quantitative estimate of drug-likeness (QED) is 0.536. The summed E-state index contributed by atoms with van der Waals surface area (Å²) in [6.07, 6.45) is 1.35. The minimum Gasteiger partial charge on any atom is -0.465 e. The maximum Gasteiger partial charge on any atom is 0.310 e. The summed E-state index contributed by atoms with van der Waals surface area (Å²) < 4.78 is 16.3. The first-order chi connectivity index (χ1) is 9.96. The molecule has 0 aliphatic carbocycles. The van der Waals surface area contributed by atoms with Crippen molar-refractivity contribution in [2.45, 2.75) is 46.7 Å². The Morgan fingerprint density at radius 3 is 2.33 bits per heavy atom. The summed E-state index contributed by atoms with van der Waals surface area (Å²) >= 11 is 0. The Morgan fingerprint density at radius 2 is 1.81 bits per heavy atom. The summed E-state index contributed by atoms with van der Waals surface area (Å²) in [7, 11) is 0. The Morgan fingerprint density at radius 1 is 1.19 bits per heavy atom. The van der Waals surface area contributed by atoms with Crippen LogP contribution in [0.4, 0.5) is 0 Å². The molecule has 0 N–H and O–H groups in total. The average Bonchev–Trinajstić information content (AvgIpc) is 2.46. The van der Waals surface area contributed by atoms with E-state index in [9.17, 15) is 4.79 Å². The molecule has 0 fully saturated rings. The third kappa shape index (κ3) is 6.00. The fourth-order valence-corrected chi connectivity index (χ4v) is 1.65. The van der Waals surface area contributed by atoms with Gasteiger partial charge >= 0.3 is 5.97 Å². The molecule has 116 valence electrons. The first-order valence-electron chi connectivity index (χ1n) is 7.21. The third-order valence-corrected chi connectivity index (χ3v) is 3.10. The monoisotopic (exact) mass is 292 g/mol. The molecule has 0 spiro atoms. The fraction of sp³-hybridized carbons (Fsp3) is 0.471. The van der Waals surface area contributed by atoms with Gasteiger partial charge in [-0.15, -0.1) is 0 Å². The number of hydrogen-bond acceptors (Lipinski definition) is 4. The highest BCUT2D eigenvalue weighted by atomic mass is 16.8. The molecule has 1 aromatic rings. The van der Waals surface area contributed by atoms with E-state index in [1.165, 1.54) is 0 Å². The van der Waals surface area contributed by atoms with Gasteiger partial charge in [-0.25, -0.2) is 0 Å². The van der Waals surface area contributed by atoms with E-state index in [-0.39, 0.29) is 11.9 Å². The lowest BCUT2D eigenvalue weighted by Gasteiger charge is -2.21. The standard InChI is InChI=1S/C17H24O4/c1-6-12(3)17(18)21-14(5)19-13(4)20-16-10-8-15(7-2)9-11-16/h7-14H,2,6H2,1,3-5H3. The molecule has 1 aromatic carbocycles. The highest BCUT2D eigenvalue weighted by Gasteiger charge is 2.18. The van der Waals surface area contributed by atoms with Gasteiger partial charge in [-0.05, 0) is 38.0 Å². The molecule has 3 unspecified atom stereocenters. The predicted octanol–water partition coefficient (Wildman–Crippen LogP) is 4.01. The van der Waals surface area contributed by atoms with Gasteiger partial charge in [0.15, 0.2) is 0 Å². The summed E-state index contributed by atoms with van der Waals surface area (Å²) in [6, 6.07) is 7.49. The van der Waals surface area contributed by atoms with Gasteiger partial charge < -0.3 is 14.2 Å². The lowest BCUT2D eigenvalue weighted by molar-refractivity contribution is -0.211. The van der Waals surface area contributed by atoms with Crippen LogP contribution in [-0.2, 0) is 14.3 Å². The second kappa shape index (κ2) is 8.47. The van der Waals surface area contributed by atoms with Gasteiger partial charge in [0.05, 0.1) is 5.92 Å². The van der Waals surface area contributed by atoms with Gasteiger partial charge in [0.1, 0.15) is 5.75 Å². The summed E-state index contributed by atoms with van der Waals surface area (Å²) in [5.74, 6) is 0.305. The van der Waals surface area contributed by atoms with E-state index in [0.717, 1.165) is 12.0 Å². The first kappa shape index (κ1) is 17.2. The van der Waals surface area contributed by atoms with Crippen LogP contribution in [0.2, 0.25) is 0 Å². The summed E-state index contributed by atoms with van der Waals surface area (Å²) in [4.78, 5) is 11.6. The maximum absolute atomic E-state index is 11.6. The van der Waals surface area contributed by atoms with E-state index in [1.54, 1.807) is 19.9 Å². The van der Waals surface area contributed by atoms with Gasteiger partial charge in [-0.3, -0.25) is 4.79 Å². The van der Waals surface area contributed by atoms with Crippen molar-refractivity contribution >= 4 is 12.0 Å². The van der Waals surface area contributed by atoms with Gasteiger partial charge in [0.2, 0.25) is 12.6 Å². The normalized spacial score (nSPS) is 14.9. The molecule has 1 rings (SSSR count). The van der Waals surface area contributed by atoms with Gasteiger partial charge in [-0.2, -0.15) is 0 Å². The maximum atomic E-state index is 11.6. The third-order valence-electron chi connectivity index (χ3n) is 3.10. The van der Waals surface area contributed by atoms with E-state index in [2.05, 4.69) is 6.58 Å². The molecule has 0 amide bonds. The minimum atomic E-state index is -0.644. The van der Waals surface area contributed by atoms with E-state index in [1.807, 2.05) is 38.1 Å². The molecule has 4 nitrogen and oxygen atoms in total. The van der Waals surface area contributed by atoms with Gasteiger partial charge in [0, 0.05) is 0 Å². The lowest BCUT2D eigenvalue weighted by Crippen LogP contribution is -2.28. The van der Waals surface area contributed by atoms with Crippen LogP contribution in [0.3, 0.4) is 0 Å². The van der Waals surface area contributed by atoms with E-state index < -0.39 is 12.6 Å². The summed E-state index contributed by atoms with van der Waals surface area (Å²) in [6.45, 7) is 10.9. The minimum absolute atomic E-state index is 0.126. The van der Waals surface area contributed by atoms with Crippen LogP contribution in [0.1, 0.15) is 39.7 Å². The topological polar surface area (TPSA) is 44.8 Å². The summed E-state index contributed by atoms with van der Waals surface area (Å²) in [5.41, 5.74) is 1.02. The molecule has 0 saturated carbocycles. The SMILES string of the molecule is C=Cc1ccc(OC(C)OC(C)OC(=O)C(C)CC)cc1. The van der Waals surface area contributed by atoms with Crippen LogP contribution in [0, 0.1) is 5.92 Å². The van der Waals surface area contributed by atoms with Crippen LogP contribution in [-0.4, -0.2) is 18.5 Å². The lowest BCUT2D eigenvalue weighted by atomic mass is 10.1. The van der Waals surface area contributed by atoms with Crippen molar-refractivity contribution in [2.24, 2.45) is 5.92 Å². The fourth-order valence-electron chi connectivity index (χ4n) is 1.65. The van der Waals surface area contributed by atoms with Crippen LogP contribution in [0.5, 0.6) is 5.75 Å². The Kier molecular flexibility index (Phi) is 6.96. The van der Waals surface area contributed by atoms with Crippen LogP contribution in [0.25, 0.3) is 6.08 Å². The smallest absolute Gasteiger partial charge is 0.310 e. The largest absolute Gasteiger partial charge is 0.465 e. The molecular weight excluding hydrogens is 268 g/mol. The predicted molar refractivity (Wildman–Crippen MR) is 82.7 cm³/mol. The zero-order valence-electron chi connectivity index (χ0n) is 13.2. The van der Waals surface area contributed by atoms with E-state index >= 15 is 0 Å². The van der Waals surface area contributed by atoms with Crippen molar-refractivity contribution in [2.75, 3.05) is 0 Å². The molecule has 3 atom stereocenters. The van der Waals surface area contributed by atoms with Gasteiger partial charge in [0.25, 0.3) is 0 Å². The number of rotatable bonds is 8. The Bertz CT molecular complexity index is 452. The molecule has 0 radical (unpaired) electrons.